The number of carbonyl (C=O) groups excluding carboxylic acids is 2. The fourth-order valence-electron chi connectivity index (χ4n) is 3.53. The van der Waals surface area contributed by atoms with Gasteiger partial charge in [0.1, 0.15) is 17.4 Å². The first kappa shape index (κ1) is 24.5. The van der Waals surface area contributed by atoms with E-state index < -0.39 is 5.91 Å². The van der Waals surface area contributed by atoms with Gasteiger partial charge in [0.15, 0.2) is 11.6 Å². The second kappa shape index (κ2) is 10.7. The van der Waals surface area contributed by atoms with Crippen molar-refractivity contribution in [3.05, 3.63) is 88.8 Å². The van der Waals surface area contributed by atoms with Crippen LogP contribution in [-0.2, 0) is 0 Å². The molecule has 0 saturated heterocycles. The van der Waals surface area contributed by atoms with Crippen LogP contribution in [0.25, 0.3) is 22.4 Å². The van der Waals surface area contributed by atoms with E-state index in [4.69, 9.17) is 21.8 Å². The second-order valence-corrected chi connectivity index (χ2v) is 8.05. The van der Waals surface area contributed by atoms with Crippen molar-refractivity contribution < 1.29 is 19.1 Å². The molecule has 36 heavy (non-hydrogen) atoms. The molecule has 0 spiro atoms. The topological polar surface area (TPSA) is 154 Å². The van der Waals surface area contributed by atoms with Gasteiger partial charge in [-0.25, -0.2) is 4.98 Å². The molecule has 10 heteroatoms. The van der Waals surface area contributed by atoms with Gasteiger partial charge in [0, 0.05) is 34.8 Å². The van der Waals surface area contributed by atoms with Crippen LogP contribution in [0, 0.1) is 11.3 Å². The summed E-state index contributed by atoms with van der Waals surface area (Å²) in [7, 11) is 0. The van der Waals surface area contributed by atoms with Gasteiger partial charge < -0.3 is 25.9 Å². The molecule has 0 bridgehead atoms. The minimum atomic E-state index is -0.609. The van der Waals surface area contributed by atoms with E-state index in [0.29, 0.717) is 40.4 Å². The molecular formula is C26H20ClN5O4. The summed E-state index contributed by atoms with van der Waals surface area (Å²) < 4.78 is 5.15. The molecule has 0 unspecified atom stereocenters. The Labute approximate surface area is 211 Å². The van der Waals surface area contributed by atoms with E-state index in [2.05, 4.69) is 21.7 Å². The number of phenols is 1. The number of anilines is 1. The van der Waals surface area contributed by atoms with E-state index in [-0.39, 0.29) is 34.5 Å². The number of nitrogens with two attached hydrogens (primary N) is 1. The van der Waals surface area contributed by atoms with Crippen molar-refractivity contribution in [2.75, 3.05) is 18.4 Å². The third-order valence-electron chi connectivity index (χ3n) is 5.21. The molecule has 0 saturated carbocycles. The van der Waals surface area contributed by atoms with E-state index >= 15 is 0 Å². The second-order valence-electron chi connectivity index (χ2n) is 7.61. The number of pyridine rings is 1. The lowest BCUT2D eigenvalue weighted by atomic mass is 9.96. The third kappa shape index (κ3) is 5.20. The number of aromatic nitrogens is 1. The fourth-order valence-corrected chi connectivity index (χ4v) is 3.69. The summed E-state index contributed by atoms with van der Waals surface area (Å²) >= 11 is 5.98. The van der Waals surface area contributed by atoms with E-state index in [1.54, 1.807) is 48.5 Å². The lowest BCUT2D eigenvalue weighted by Gasteiger charge is -2.14. The smallest absolute Gasteiger partial charge is 0.292 e. The number of rotatable bonds is 7. The van der Waals surface area contributed by atoms with Crippen molar-refractivity contribution in [3.8, 4) is 34.2 Å². The van der Waals surface area contributed by atoms with Gasteiger partial charge in [-0.2, -0.15) is 5.26 Å². The minimum absolute atomic E-state index is 0.0283. The van der Waals surface area contributed by atoms with E-state index in [1.165, 1.54) is 18.4 Å². The molecular weight excluding hydrogens is 482 g/mol. The Morgan fingerprint density at radius 2 is 1.92 bits per heavy atom. The first-order chi connectivity index (χ1) is 17.4. The highest BCUT2D eigenvalue weighted by molar-refractivity contribution is 6.30. The number of amides is 2. The van der Waals surface area contributed by atoms with Gasteiger partial charge in [0.05, 0.1) is 12.0 Å². The SMILES string of the molecule is N#Cc1c(-c2cccc(C(=O)NCCN)c2)cc(-c2ccc(Cl)cc2O)nc1NC(=O)c1ccco1. The number of carbonyl (C=O) groups is 2. The Morgan fingerprint density at radius 3 is 2.61 bits per heavy atom. The summed E-state index contributed by atoms with van der Waals surface area (Å²) in [5, 5.41) is 26.2. The van der Waals surface area contributed by atoms with Gasteiger partial charge in [-0.1, -0.05) is 23.7 Å². The van der Waals surface area contributed by atoms with E-state index in [0.717, 1.165) is 0 Å². The van der Waals surface area contributed by atoms with Crippen LogP contribution in [0.2, 0.25) is 5.02 Å². The largest absolute Gasteiger partial charge is 0.507 e. The number of phenolic OH excluding ortho intramolecular Hbond substituents is 1. The normalized spacial score (nSPS) is 10.5. The Balaban J connectivity index is 1.88. The fraction of sp³-hybridized carbons (Fsp3) is 0.0769. The maximum atomic E-state index is 12.7. The number of nitrogens with zero attached hydrogens (tertiary/aromatic N) is 2. The molecule has 4 rings (SSSR count). The van der Waals surface area contributed by atoms with Crippen LogP contribution in [0.5, 0.6) is 5.75 Å². The summed E-state index contributed by atoms with van der Waals surface area (Å²) in [4.78, 5) is 29.6. The number of furan rings is 1. The van der Waals surface area contributed by atoms with Crippen molar-refractivity contribution in [1.82, 2.24) is 10.3 Å². The summed E-state index contributed by atoms with van der Waals surface area (Å²) in [5.74, 6) is -1.08. The van der Waals surface area contributed by atoms with Crippen LogP contribution in [0.1, 0.15) is 26.5 Å². The van der Waals surface area contributed by atoms with Crippen LogP contribution in [0.4, 0.5) is 5.82 Å². The quantitative estimate of drug-likeness (QED) is 0.296. The zero-order chi connectivity index (χ0) is 25.7. The highest BCUT2D eigenvalue weighted by Crippen LogP contribution is 2.36. The first-order valence-electron chi connectivity index (χ1n) is 10.8. The highest BCUT2D eigenvalue weighted by atomic mass is 35.5. The molecule has 0 aliphatic carbocycles. The van der Waals surface area contributed by atoms with Gasteiger partial charge in [0.25, 0.3) is 11.8 Å². The zero-order valence-electron chi connectivity index (χ0n) is 18.8. The van der Waals surface area contributed by atoms with Crippen molar-refractivity contribution in [3.63, 3.8) is 0 Å². The van der Waals surface area contributed by atoms with Crippen molar-refractivity contribution in [2.24, 2.45) is 5.73 Å². The predicted molar refractivity (Wildman–Crippen MR) is 135 cm³/mol. The Hall–Kier alpha value is -4.65. The first-order valence-corrected chi connectivity index (χ1v) is 11.2. The van der Waals surface area contributed by atoms with Crippen LogP contribution in [-0.4, -0.2) is 35.0 Å². The number of aromatic hydroxyl groups is 1. The van der Waals surface area contributed by atoms with Crippen LogP contribution >= 0.6 is 11.6 Å². The summed E-state index contributed by atoms with van der Waals surface area (Å²) in [5.41, 5.74) is 7.41. The Morgan fingerprint density at radius 1 is 1.08 bits per heavy atom. The molecule has 0 aliphatic rings. The van der Waals surface area contributed by atoms with Crippen molar-refractivity contribution in [1.29, 1.82) is 5.26 Å². The molecule has 0 aliphatic heterocycles. The molecule has 0 radical (unpaired) electrons. The number of nitriles is 1. The molecule has 2 amide bonds. The number of halogens is 1. The minimum Gasteiger partial charge on any atom is -0.507 e. The standard InChI is InChI=1S/C26H20ClN5O4/c27-17-6-7-18(22(33)12-17)21-13-19(15-3-1-4-16(11-15)25(34)30-9-8-28)20(14-29)24(31-21)32-26(35)23-5-2-10-36-23/h1-7,10-13,33H,8-9,28H2,(H,30,34)(H,31,32,35). The van der Waals surface area contributed by atoms with E-state index in [9.17, 15) is 20.0 Å². The summed E-state index contributed by atoms with van der Waals surface area (Å²) in [6.45, 7) is 0.603. The average Bonchev–Trinajstić information content (AvgIpc) is 3.42. The lowest BCUT2D eigenvalue weighted by Crippen LogP contribution is -2.28. The molecule has 2 aromatic carbocycles. The molecule has 180 valence electrons. The predicted octanol–water partition coefficient (Wildman–Crippen LogP) is 4.18. The third-order valence-corrected chi connectivity index (χ3v) is 5.44. The highest BCUT2D eigenvalue weighted by Gasteiger charge is 2.20. The van der Waals surface area contributed by atoms with Crippen LogP contribution < -0.4 is 16.4 Å². The number of nitrogens with one attached hydrogen (secondary N) is 2. The molecule has 0 fully saturated rings. The maximum Gasteiger partial charge on any atom is 0.292 e. The summed E-state index contributed by atoms with van der Waals surface area (Å²) in [6.07, 6.45) is 1.35. The van der Waals surface area contributed by atoms with Gasteiger partial charge in [-0.05, 0) is 54.1 Å². The van der Waals surface area contributed by atoms with Crippen LogP contribution in [0.3, 0.4) is 0 Å². The molecule has 5 N–H and O–H groups in total. The summed E-state index contributed by atoms with van der Waals surface area (Å²) in [6, 6.07) is 17.9. The monoisotopic (exact) mass is 501 g/mol. The van der Waals surface area contributed by atoms with Gasteiger partial charge in [-0.3, -0.25) is 9.59 Å². The zero-order valence-corrected chi connectivity index (χ0v) is 19.5. The van der Waals surface area contributed by atoms with Gasteiger partial charge >= 0.3 is 0 Å². The molecule has 2 aromatic heterocycles. The van der Waals surface area contributed by atoms with E-state index in [1.807, 2.05) is 0 Å². The maximum absolute atomic E-state index is 12.7. The van der Waals surface area contributed by atoms with Crippen molar-refractivity contribution in [2.45, 2.75) is 0 Å². The molecule has 0 atom stereocenters. The average molecular weight is 502 g/mol. The molecule has 2 heterocycles. The lowest BCUT2D eigenvalue weighted by molar-refractivity contribution is 0.0953. The Bertz CT molecular complexity index is 1480. The number of hydrogen-bond acceptors (Lipinski definition) is 7. The Kier molecular flexibility index (Phi) is 7.30. The number of benzene rings is 2. The van der Waals surface area contributed by atoms with Gasteiger partial charge in [-0.15, -0.1) is 0 Å². The van der Waals surface area contributed by atoms with Gasteiger partial charge in [0.2, 0.25) is 0 Å². The molecule has 4 aromatic rings. The molecule has 9 nitrogen and oxygen atoms in total. The van der Waals surface area contributed by atoms with Crippen molar-refractivity contribution >= 4 is 29.2 Å². The number of hydrogen-bond donors (Lipinski definition) is 4. The van der Waals surface area contributed by atoms with Crippen LogP contribution in [0.15, 0.2) is 71.3 Å².